The minimum atomic E-state index is -0.00678. The second-order valence-corrected chi connectivity index (χ2v) is 15.5. The van der Waals surface area contributed by atoms with Crippen molar-refractivity contribution in [2.24, 2.45) is 0 Å². The van der Waals surface area contributed by atoms with Gasteiger partial charge in [-0.1, -0.05) is 102 Å². The number of nitrogens with zero attached hydrogens (tertiary/aromatic N) is 4. The molecule has 5 aromatic carbocycles. The molecule has 2 aromatic heterocycles. The van der Waals surface area contributed by atoms with Crippen LogP contribution in [0.1, 0.15) is 82.6 Å². The first-order valence-corrected chi connectivity index (χ1v) is 18.3. The Balaban J connectivity index is 0.00000435. The Labute approximate surface area is 328 Å². The van der Waals surface area contributed by atoms with Crippen LogP contribution in [0.2, 0.25) is 0 Å². The van der Waals surface area contributed by atoms with E-state index in [4.69, 9.17) is 9.72 Å². The van der Waals surface area contributed by atoms with Gasteiger partial charge in [-0.2, -0.15) is 12.1 Å². The average molecular weight is 877 g/mol. The number of para-hydroxylation sites is 3. The summed E-state index contributed by atoms with van der Waals surface area (Å²) in [4.78, 5) is 9.41. The molecule has 0 N–H and O–H groups in total. The van der Waals surface area contributed by atoms with Crippen LogP contribution in [0, 0.1) is 25.7 Å². The molecule has 1 aliphatic rings. The van der Waals surface area contributed by atoms with E-state index in [1.807, 2.05) is 24.4 Å². The zero-order valence-electron chi connectivity index (χ0n) is 31.6. The van der Waals surface area contributed by atoms with E-state index in [2.05, 4.69) is 173 Å². The molecule has 1 aliphatic heterocycles. The number of anilines is 4. The molecule has 53 heavy (non-hydrogen) atoms. The van der Waals surface area contributed by atoms with Gasteiger partial charge in [0.2, 0.25) is 0 Å². The van der Waals surface area contributed by atoms with Gasteiger partial charge in [0.15, 0.2) is 0 Å². The summed E-state index contributed by atoms with van der Waals surface area (Å²) in [5.74, 6) is 2.84. The Morgan fingerprint density at radius 1 is 0.698 bits per heavy atom. The van der Waals surface area contributed by atoms with Crippen molar-refractivity contribution in [2.45, 2.75) is 72.6 Å². The second-order valence-electron chi connectivity index (χ2n) is 15.5. The van der Waals surface area contributed by atoms with Crippen LogP contribution in [0.15, 0.2) is 109 Å². The fraction of sp³-hybridized carbons (Fsp3) is 0.234. The molecule has 0 saturated carbocycles. The van der Waals surface area contributed by atoms with E-state index in [0.717, 1.165) is 44.7 Å². The van der Waals surface area contributed by atoms with Crippen LogP contribution in [0.25, 0.3) is 27.6 Å². The van der Waals surface area contributed by atoms with Crippen molar-refractivity contribution in [3.8, 4) is 17.3 Å². The molecule has 272 valence electrons. The van der Waals surface area contributed by atoms with Crippen molar-refractivity contribution in [3.63, 3.8) is 0 Å². The van der Waals surface area contributed by atoms with Gasteiger partial charge in [-0.15, -0.1) is 48.1 Å². The fourth-order valence-corrected chi connectivity index (χ4v) is 7.41. The van der Waals surface area contributed by atoms with Crippen molar-refractivity contribution >= 4 is 44.6 Å². The summed E-state index contributed by atoms with van der Waals surface area (Å²) >= 11 is 0. The largest absolute Gasteiger partial charge is 0.509 e. The molecule has 0 amide bonds. The maximum atomic E-state index is 6.57. The van der Waals surface area contributed by atoms with Gasteiger partial charge in [-0.25, -0.2) is 4.98 Å². The molecule has 7 aromatic rings. The number of ether oxygens (including phenoxy) is 1. The minimum Gasteiger partial charge on any atom is -0.509 e. The van der Waals surface area contributed by atoms with Crippen molar-refractivity contribution in [1.29, 1.82) is 0 Å². The first kappa shape index (κ1) is 36.5. The normalized spacial score (nSPS) is 12.9. The van der Waals surface area contributed by atoms with E-state index in [-0.39, 0.29) is 26.5 Å². The average Bonchev–Trinajstić information content (AvgIpc) is 3.67. The number of rotatable bonds is 7. The van der Waals surface area contributed by atoms with Gasteiger partial charge < -0.3 is 19.1 Å². The van der Waals surface area contributed by atoms with Crippen molar-refractivity contribution < 1.29 is 25.8 Å². The molecule has 5 nitrogen and oxygen atoms in total. The number of hydrogen-bond acceptors (Lipinski definition) is 4. The summed E-state index contributed by atoms with van der Waals surface area (Å²) in [7, 11) is 0. The third kappa shape index (κ3) is 6.65. The molecule has 0 saturated heterocycles. The topological polar surface area (TPSA) is 33.5 Å². The van der Waals surface area contributed by atoms with Crippen LogP contribution in [0.4, 0.5) is 22.7 Å². The summed E-state index contributed by atoms with van der Waals surface area (Å²) in [6.07, 6.45) is 1.90. The third-order valence-electron chi connectivity index (χ3n) is 10.1. The van der Waals surface area contributed by atoms with Crippen LogP contribution < -0.4 is 14.5 Å². The maximum Gasteiger partial charge on any atom is 0.135 e. The molecule has 3 heterocycles. The van der Waals surface area contributed by atoms with Gasteiger partial charge in [-0.05, 0) is 76.6 Å². The molecule has 6 heteroatoms. The predicted octanol–water partition coefficient (Wildman–Crippen LogP) is 12.8. The molecular weight excluding hydrogens is 832 g/mol. The smallest absolute Gasteiger partial charge is 0.135 e. The molecular formula is C47H45N4OPt-3. The van der Waals surface area contributed by atoms with Gasteiger partial charge in [0.05, 0.1) is 0 Å². The number of pyridine rings is 1. The summed E-state index contributed by atoms with van der Waals surface area (Å²) in [5, 5.41) is 2.25. The first-order chi connectivity index (χ1) is 25.0. The maximum absolute atomic E-state index is 6.57. The van der Waals surface area contributed by atoms with Crippen LogP contribution in [0.3, 0.4) is 0 Å². The molecule has 0 fully saturated rings. The van der Waals surface area contributed by atoms with Crippen LogP contribution in [0.5, 0.6) is 11.5 Å². The Morgan fingerprint density at radius 2 is 1.36 bits per heavy atom. The first-order valence-electron chi connectivity index (χ1n) is 18.3. The Kier molecular flexibility index (Phi) is 9.76. The Morgan fingerprint density at radius 3 is 2.06 bits per heavy atom. The Hall–Kier alpha value is -4.86. The third-order valence-corrected chi connectivity index (χ3v) is 10.1. The molecule has 0 atom stereocenters. The number of aromatic nitrogens is 2. The zero-order chi connectivity index (χ0) is 36.3. The summed E-state index contributed by atoms with van der Waals surface area (Å²) < 4.78 is 8.76. The van der Waals surface area contributed by atoms with Gasteiger partial charge in [-0.3, -0.25) is 0 Å². The van der Waals surface area contributed by atoms with Crippen molar-refractivity contribution in [3.05, 3.63) is 150 Å². The molecule has 0 unspecified atom stereocenters. The molecule has 0 radical (unpaired) electrons. The van der Waals surface area contributed by atoms with E-state index in [0.29, 0.717) is 23.3 Å². The van der Waals surface area contributed by atoms with E-state index in [1.165, 1.54) is 27.9 Å². The van der Waals surface area contributed by atoms with Gasteiger partial charge >= 0.3 is 0 Å². The van der Waals surface area contributed by atoms with E-state index < -0.39 is 0 Å². The van der Waals surface area contributed by atoms with E-state index >= 15 is 0 Å². The standard InChI is InChI=1S/C47H45N4O.Pt/c1-30(2)39-24-32(5)25-40(31(3)4)46(39)50-29-49(42-18-11-12-19-43(42)50)34-14-13-15-35(27-34)52-36-20-21-38-37-16-9-10-17-41(37)51(44(38)28-36)45-26-33(22-23-48-45)47(6,7)8;/h9-26,29-31H,1-8H3;/q-3;. The van der Waals surface area contributed by atoms with Gasteiger partial charge in [0.1, 0.15) is 5.82 Å². The van der Waals surface area contributed by atoms with Gasteiger partial charge in [0.25, 0.3) is 0 Å². The number of fused-ring (bicyclic) bond motifs is 4. The molecule has 8 rings (SSSR count). The van der Waals surface area contributed by atoms with Gasteiger partial charge in [0, 0.05) is 61.3 Å². The fourth-order valence-electron chi connectivity index (χ4n) is 7.41. The number of hydrogen-bond donors (Lipinski definition) is 0. The monoisotopic (exact) mass is 876 g/mol. The van der Waals surface area contributed by atoms with E-state index in [1.54, 1.807) is 0 Å². The summed E-state index contributed by atoms with van der Waals surface area (Å²) in [6, 6.07) is 43.4. The molecule has 0 spiro atoms. The zero-order valence-corrected chi connectivity index (χ0v) is 33.9. The number of aryl methyl sites for hydroxylation is 1. The van der Waals surface area contributed by atoms with Crippen LogP contribution in [-0.2, 0) is 26.5 Å². The van der Waals surface area contributed by atoms with E-state index in [9.17, 15) is 0 Å². The van der Waals surface area contributed by atoms with Crippen LogP contribution in [-0.4, -0.2) is 9.55 Å². The van der Waals surface area contributed by atoms with Crippen molar-refractivity contribution in [2.75, 3.05) is 9.80 Å². The minimum absolute atomic E-state index is 0. The molecule has 0 aliphatic carbocycles. The summed E-state index contributed by atoms with van der Waals surface area (Å²) in [6.45, 7) is 20.2. The second kappa shape index (κ2) is 14.2. The Bertz CT molecular complexity index is 2430. The quantitative estimate of drug-likeness (QED) is 0.149. The predicted molar refractivity (Wildman–Crippen MR) is 216 cm³/mol. The SMILES string of the molecule is Cc1cc(C(C)C)c(N2[CH-]N(c3[c-]c(Oc4[c-]c5c(cc4)c4ccccc4n5-c4cc(C(C)(C)C)ccn4)ccc3)c3ccccc32)c(C(C)C)c1.[Pt]. The number of benzene rings is 5. The van der Waals surface area contributed by atoms with Crippen molar-refractivity contribution in [1.82, 2.24) is 9.55 Å². The van der Waals surface area contributed by atoms with Crippen LogP contribution >= 0.6 is 0 Å². The molecule has 0 bridgehead atoms. The summed E-state index contributed by atoms with van der Waals surface area (Å²) in [5.41, 5.74) is 11.6.